The van der Waals surface area contributed by atoms with Gasteiger partial charge in [-0.1, -0.05) is 30.3 Å². The number of aliphatic hydroxyl groups is 3. The van der Waals surface area contributed by atoms with Crippen molar-refractivity contribution in [1.29, 1.82) is 0 Å². The Morgan fingerprint density at radius 3 is 1.69 bits per heavy atom. The van der Waals surface area contributed by atoms with E-state index >= 15 is 0 Å². The van der Waals surface area contributed by atoms with Gasteiger partial charge < -0.3 is 96.0 Å². The molecule has 0 aliphatic rings. The van der Waals surface area contributed by atoms with E-state index in [-0.39, 0.29) is 69.7 Å². The average Bonchev–Trinajstić information content (AvgIpc) is 3.86. The Kier molecular flexibility index (Phi) is 28.2. The number of aliphatic hydroxyl groups excluding tert-OH is 3. The maximum absolute atomic E-state index is 14.3. The molecule has 1 aromatic heterocycles. The van der Waals surface area contributed by atoms with Crippen molar-refractivity contribution in [1.82, 2.24) is 47.5 Å². The molecule has 0 radical (unpaired) electrons. The first kappa shape index (κ1) is 66.7. The Labute approximate surface area is 466 Å². The number of carbonyl (C=O) groups is 9. The number of rotatable bonds is 35. The van der Waals surface area contributed by atoms with Crippen molar-refractivity contribution in [2.24, 2.45) is 27.9 Å². The summed E-state index contributed by atoms with van der Waals surface area (Å²) >= 11 is 1.44. The summed E-state index contributed by atoms with van der Waals surface area (Å²) in [5.74, 6) is -8.89. The van der Waals surface area contributed by atoms with Gasteiger partial charge in [0.25, 0.3) is 0 Å². The van der Waals surface area contributed by atoms with Crippen LogP contribution in [0.4, 0.5) is 0 Å². The number of phenolic OH excluding ortho intramolecular Hbond substituents is 1. The number of hydrogen-bond acceptors (Lipinski definition) is 17. The highest BCUT2D eigenvalue weighted by atomic mass is 32.2. The molecule has 0 saturated heterocycles. The lowest BCUT2D eigenvalue weighted by Gasteiger charge is -2.29. The number of aromatic amines is 1. The molecule has 0 fully saturated rings. The number of phenols is 1. The number of unbranched alkanes of at least 4 members (excludes halogenated alkanes) is 1. The molecule has 0 aliphatic heterocycles. The van der Waals surface area contributed by atoms with E-state index in [1.54, 1.807) is 30.5 Å². The lowest BCUT2D eigenvalue weighted by atomic mass is 10.0. The number of carboxylic acid groups (broad SMARTS) is 1. The monoisotopic (exact) mass is 1140 g/mol. The zero-order valence-corrected chi connectivity index (χ0v) is 45.9. The number of H-pyrrole nitrogens is 1. The number of para-hydroxylation sites is 1. The van der Waals surface area contributed by atoms with Crippen LogP contribution in [0.3, 0.4) is 0 Å². The minimum atomic E-state index is -1.77. The normalized spacial score (nSPS) is 15.3. The van der Waals surface area contributed by atoms with Crippen LogP contribution in [0, 0.1) is 0 Å². The number of guanidine groups is 1. The summed E-state index contributed by atoms with van der Waals surface area (Å²) < 4.78 is 0. The second kappa shape index (κ2) is 33.8. The maximum Gasteiger partial charge on any atom is 0.328 e. The van der Waals surface area contributed by atoms with Gasteiger partial charge in [-0.15, -0.1) is 0 Å². The van der Waals surface area contributed by atoms with Crippen LogP contribution in [0.5, 0.6) is 5.75 Å². The van der Waals surface area contributed by atoms with Crippen LogP contribution in [0.15, 0.2) is 59.7 Å². The summed E-state index contributed by atoms with van der Waals surface area (Å²) in [6.07, 6.45) is 0.705. The van der Waals surface area contributed by atoms with Crippen LogP contribution >= 0.6 is 11.8 Å². The third-order valence-corrected chi connectivity index (χ3v) is 13.2. The number of hydrogen-bond donors (Lipinski definition) is 18. The van der Waals surface area contributed by atoms with E-state index in [9.17, 15) is 68.7 Å². The van der Waals surface area contributed by atoms with Crippen LogP contribution in [-0.4, -0.2) is 188 Å². The second-order valence-corrected chi connectivity index (χ2v) is 20.1. The molecule has 22 N–H and O–H groups in total. The van der Waals surface area contributed by atoms with Gasteiger partial charge in [0, 0.05) is 36.5 Å². The predicted octanol–water partition coefficient (Wildman–Crippen LogP) is -4.34. The fourth-order valence-electron chi connectivity index (χ4n) is 7.97. The summed E-state index contributed by atoms with van der Waals surface area (Å²) in [7, 11) is 0. The Morgan fingerprint density at radius 2 is 1.14 bits per heavy atom. The average molecular weight is 1140 g/mol. The first-order chi connectivity index (χ1) is 37.9. The Balaban J connectivity index is 1.88. The van der Waals surface area contributed by atoms with Crippen molar-refractivity contribution in [2.45, 2.75) is 139 Å². The van der Waals surface area contributed by atoms with Crippen LogP contribution < -0.4 is 65.5 Å². The van der Waals surface area contributed by atoms with Crippen molar-refractivity contribution in [3.8, 4) is 5.75 Å². The third kappa shape index (κ3) is 21.9. The van der Waals surface area contributed by atoms with Gasteiger partial charge in [-0.05, 0) is 107 Å². The largest absolute Gasteiger partial charge is 0.508 e. The van der Waals surface area contributed by atoms with Crippen molar-refractivity contribution in [3.05, 3.63) is 65.9 Å². The number of nitrogens with zero attached hydrogens (tertiary/aromatic N) is 1. The van der Waals surface area contributed by atoms with Gasteiger partial charge in [0.2, 0.25) is 47.3 Å². The summed E-state index contributed by atoms with van der Waals surface area (Å²) in [5, 5.41) is 71.0. The van der Waals surface area contributed by atoms with Gasteiger partial charge in [0.1, 0.15) is 54.1 Å². The van der Waals surface area contributed by atoms with E-state index in [0.717, 1.165) is 0 Å². The molecule has 0 bridgehead atoms. The molecule has 0 aliphatic carbocycles. The van der Waals surface area contributed by atoms with Gasteiger partial charge in [-0.25, -0.2) is 4.79 Å². The lowest BCUT2D eigenvalue weighted by molar-refractivity contribution is -0.143. The standard InChI is InChI=1S/C51H78N14O14S/c1-26(42(70)61-37(22-29-14-16-31(69)17-15-29)46(74)62-38(47(75)63-39(25-66)50(78)79)23-30-24-57-34-11-6-5-10-32(30)34)58-44(72)35(12-7-8-19-52)59-49(77)41(28(3)68)65-45(73)36(13-9-20-56-51(54)55)60-48(76)40(27(2)67)64-43(71)33(53)18-21-80-4/h5-6,10-11,14-17,24,26-28,33,35-41,57,66-69H,7-9,12-13,18-23,25,52-53H2,1-4H3,(H,58,72)(H,59,77)(H,60,76)(H,61,70)(H,62,74)(H,63,75)(H,64,71)(H,65,73)(H,78,79)(H4,54,55,56)/t26-,27+,28+,33-,35-,36-,37-,38-,39-,40-,41-/m0/s1. The molecule has 2 aromatic carbocycles. The summed E-state index contributed by atoms with van der Waals surface area (Å²) in [4.78, 5) is 129. The number of thioether (sulfide) groups is 1. The maximum atomic E-state index is 14.3. The van der Waals surface area contributed by atoms with Crippen molar-refractivity contribution in [3.63, 3.8) is 0 Å². The number of carbonyl (C=O) groups excluding carboxylic acids is 8. The van der Waals surface area contributed by atoms with E-state index < -0.39 is 126 Å². The van der Waals surface area contributed by atoms with Gasteiger partial charge >= 0.3 is 5.97 Å². The Hall–Kier alpha value is -7.57. The van der Waals surface area contributed by atoms with Gasteiger partial charge in [0.15, 0.2) is 5.96 Å². The number of aromatic nitrogens is 1. The minimum absolute atomic E-state index is 0.000189. The molecule has 0 spiro atoms. The topological polar surface area (TPSA) is 483 Å². The highest BCUT2D eigenvalue weighted by Gasteiger charge is 2.36. The van der Waals surface area contributed by atoms with Crippen LogP contribution in [0.2, 0.25) is 0 Å². The van der Waals surface area contributed by atoms with Gasteiger partial charge in [-0.3, -0.25) is 43.3 Å². The van der Waals surface area contributed by atoms with E-state index in [1.807, 2.05) is 6.26 Å². The number of fused-ring (bicyclic) bond motifs is 1. The molecule has 8 amide bonds. The Morgan fingerprint density at radius 1 is 0.625 bits per heavy atom. The fraction of sp³-hybridized carbons (Fsp3) is 0.529. The van der Waals surface area contributed by atoms with E-state index in [4.69, 9.17) is 22.9 Å². The quantitative estimate of drug-likeness (QED) is 0.0150. The lowest BCUT2D eigenvalue weighted by Crippen LogP contribution is -2.62. The van der Waals surface area contributed by atoms with E-state index in [2.05, 4.69) is 52.5 Å². The Bertz CT molecular complexity index is 2580. The first-order valence-electron chi connectivity index (χ1n) is 25.9. The number of amides is 8. The minimum Gasteiger partial charge on any atom is -0.508 e. The predicted molar refractivity (Wildman–Crippen MR) is 297 cm³/mol. The fourth-order valence-corrected chi connectivity index (χ4v) is 8.46. The molecule has 11 atom stereocenters. The molecule has 29 heteroatoms. The van der Waals surface area contributed by atoms with Gasteiger partial charge in [0.05, 0.1) is 24.9 Å². The summed E-state index contributed by atoms with van der Waals surface area (Å²) in [5.41, 5.74) is 24.3. The van der Waals surface area contributed by atoms with Crippen molar-refractivity contribution < 1.29 is 68.7 Å². The molecule has 28 nitrogen and oxygen atoms in total. The zero-order chi connectivity index (χ0) is 59.6. The number of nitrogens with two attached hydrogens (primary N) is 4. The molecule has 3 aromatic rings. The molecular weight excluding hydrogens is 1060 g/mol. The highest BCUT2D eigenvalue weighted by Crippen LogP contribution is 2.20. The third-order valence-electron chi connectivity index (χ3n) is 12.5. The van der Waals surface area contributed by atoms with Gasteiger partial charge in [-0.2, -0.15) is 11.8 Å². The number of nitrogens with one attached hydrogen (secondary N) is 9. The van der Waals surface area contributed by atoms with Crippen LogP contribution in [0.25, 0.3) is 10.9 Å². The van der Waals surface area contributed by atoms with Crippen molar-refractivity contribution in [2.75, 3.05) is 31.7 Å². The SMILES string of the molecule is CSCC[C@H](N)C(=O)N[C@H](C(=O)N[C@@H](CCCN=C(N)N)C(=O)N[C@H](C(=O)N[C@@H](CCCCN)C(=O)N[C@@H](C)C(=O)N[C@@H](Cc1ccc(O)cc1)C(=O)N[C@@H](Cc1c[nH]c2ccccc12)C(=O)N[C@@H](CO)C(=O)O)[C@@H](C)O)[C@@H](C)O. The molecular formula is C51H78N14O14S. The van der Waals surface area contributed by atoms with Crippen molar-refractivity contribution >= 4 is 81.9 Å². The molecule has 80 heavy (non-hydrogen) atoms. The molecule has 0 saturated carbocycles. The smallest absolute Gasteiger partial charge is 0.328 e. The van der Waals surface area contributed by atoms with Crippen LogP contribution in [-0.2, 0) is 56.0 Å². The highest BCUT2D eigenvalue weighted by molar-refractivity contribution is 7.98. The summed E-state index contributed by atoms with van der Waals surface area (Å²) in [6, 6.07) is -0.684. The van der Waals surface area contributed by atoms with E-state index in [0.29, 0.717) is 34.2 Å². The second-order valence-electron chi connectivity index (χ2n) is 19.1. The molecule has 1 heterocycles. The number of benzene rings is 2. The summed E-state index contributed by atoms with van der Waals surface area (Å²) in [6.45, 7) is 2.92. The number of aliphatic imine (C=N–C) groups is 1. The number of aromatic hydroxyl groups is 1. The molecule has 0 unspecified atom stereocenters. The molecule has 3 rings (SSSR count). The number of aliphatic carboxylic acids is 1. The van der Waals surface area contributed by atoms with E-state index in [1.165, 1.54) is 56.8 Å². The molecule has 442 valence electrons. The zero-order valence-electron chi connectivity index (χ0n) is 45.1. The number of carboxylic acids is 1. The van der Waals surface area contributed by atoms with Crippen LogP contribution in [0.1, 0.15) is 70.4 Å². The first-order valence-corrected chi connectivity index (χ1v) is 27.3.